The molecule has 0 spiro atoms. The van der Waals surface area contributed by atoms with Gasteiger partial charge in [-0.25, -0.2) is 0 Å². The second kappa shape index (κ2) is 15.1. The number of phenols is 1. The largest absolute Gasteiger partial charge is 0.506 e. The first kappa shape index (κ1) is 33.7. The quantitative estimate of drug-likeness (QED) is 0.152. The maximum absolute atomic E-state index is 13.1. The number of carbonyl (C=O) groups is 2. The van der Waals surface area contributed by atoms with Crippen LogP contribution in [0.15, 0.2) is 48.5 Å². The topological polar surface area (TPSA) is 117 Å². The van der Waals surface area contributed by atoms with Crippen molar-refractivity contribution in [1.82, 2.24) is 10.6 Å². The van der Waals surface area contributed by atoms with Crippen molar-refractivity contribution in [3.05, 3.63) is 65.2 Å². The van der Waals surface area contributed by atoms with E-state index in [9.17, 15) is 14.7 Å². The molecule has 4 N–H and O–H groups in total. The number of hydrogen-bond donors (Lipinski definition) is 4. The highest BCUT2D eigenvalue weighted by Crippen LogP contribution is 2.39. The van der Waals surface area contributed by atoms with Crippen molar-refractivity contribution in [2.24, 2.45) is 0 Å². The molecule has 234 valence electrons. The Kier molecular flexibility index (Phi) is 11.8. The van der Waals surface area contributed by atoms with Crippen LogP contribution in [0.3, 0.4) is 0 Å². The number of unbranched alkanes of at least 4 members (excludes halogenated alkanes) is 1. The number of carbonyl (C=O) groups excluding carboxylic acids is 2. The highest BCUT2D eigenvalue weighted by molar-refractivity contribution is 6.05. The lowest BCUT2D eigenvalue weighted by Crippen LogP contribution is -2.31. The van der Waals surface area contributed by atoms with Crippen LogP contribution in [0.5, 0.6) is 17.2 Å². The zero-order valence-corrected chi connectivity index (χ0v) is 26.5. The standard InChI is InChI=1S/C35H48N2O6/c1-7-34(3,4)24-15-16-29(28(21-24)35(5,6)8-2)42-20-12-11-17-37-33(41)27-22-30(43-23-31(39)36-18-19-38)25-13-9-10-14-26(25)32(27)40/h9-10,13-16,21-22,38,40H,7-8,11-12,17-20,23H2,1-6H3,(H,36,39)(H,37,41). The third-order valence-corrected chi connectivity index (χ3v) is 8.39. The maximum atomic E-state index is 13.1. The lowest BCUT2D eigenvalue weighted by Gasteiger charge is -2.30. The summed E-state index contributed by atoms with van der Waals surface area (Å²) < 4.78 is 12.0. The molecule has 0 radical (unpaired) electrons. The first-order chi connectivity index (χ1) is 20.4. The summed E-state index contributed by atoms with van der Waals surface area (Å²) in [5, 5.41) is 26.2. The van der Waals surface area contributed by atoms with E-state index in [2.05, 4.69) is 70.4 Å². The van der Waals surface area contributed by atoms with E-state index in [4.69, 9.17) is 14.6 Å². The minimum Gasteiger partial charge on any atom is -0.506 e. The number of phenolic OH excluding ortho intramolecular Hbond substituents is 1. The summed E-state index contributed by atoms with van der Waals surface area (Å²) in [4.78, 5) is 25.0. The molecule has 0 atom stereocenters. The number of aliphatic hydroxyl groups is 1. The van der Waals surface area contributed by atoms with E-state index in [1.54, 1.807) is 24.3 Å². The molecule has 2 amide bonds. The third-order valence-electron chi connectivity index (χ3n) is 8.39. The first-order valence-corrected chi connectivity index (χ1v) is 15.3. The zero-order chi connectivity index (χ0) is 31.6. The molecule has 43 heavy (non-hydrogen) atoms. The van der Waals surface area contributed by atoms with Crippen molar-refractivity contribution >= 4 is 22.6 Å². The molecule has 8 nitrogen and oxygen atoms in total. The highest BCUT2D eigenvalue weighted by Gasteiger charge is 2.26. The van der Waals surface area contributed by atoms with Crippen molar-refractivity contribution in [3.63, 3.8) is 0 Å². The Morgan fingerprint density at radius 3 is 2.19 bits per heavy atom. The molecule has 0 fully saturated rings. The van der Waals surface area contributed by atoms with E-state index in [0.717, 1.165) is 25.0 Å². The van der Waals surface area contributed by atoms with Gasteiger partial charge in [0.05, 0.1) is 18.8 Å². The Balaban J connectivity index is 1.61. The number of hydrogen-bond acceptors (Lipinski definition) is 6. The molecule has 0 saturated heterocycles. The molecular weight excluding hydrogens is 544 g/mol. The Morgan fingerprint density at radius 1 is 0.814 bits per heavy atom. The van der Waals surface area contributed by atoms with Crippen molar-refractivity contribution < 1.29 is 29.3 Å². The molecule has 0 heterocycles. The molecule has 0 bridgehead atoms. The van der Waals surface area contributed by atoms with Gasteiger partial charge >= 0.3 is 0 Å². The number of aliphatic hydroxyl groups excluding tert-OH is 1. The Labute approximate surface area is 255 Å². The maximum Gasteiger partial charge on any atom is 0.258 e. The first-order valence-electron chi connectivity index (χ1n) is 15.3. The van der Waals surface area contributed by atoms with Gasteiger partial charge in [-0.05, 0) is 54.2 Å². The summed E-state index contributed by atoms with van der Waals surface area (Å²) >= 11 is 0. The van der Waals surface area contributed by atoms with Crippen molar-refractivity contribution in [2.75, 3.05) is 32.9 Å². The Morgan fingerprint density at radius 2 is 1.51 bits per heavy atom. The summed E-state index contributed by atoms with van der Waals surface area (Å²) in [5.41, 5.74) is 2.69. The third kappa shape index (κ3) is 8.63. The number of rotatable bonds is 16. The van der Waals surface area contributed by atoms with Crippen molar-refractivity contribution in [2.45, 2.75) is 78.1 Å². The normalized spacial score (nSPS) is 11.8. The summed E-state index contributed by atoms with van der Waals surface area (Å²) in [5.74, 6) is 0.245. The number of aromatic hydroxyl groups is 1. The van der Waals surface area contributed by atoms with Crippen LogP contribution in [0, 0.1) is 0 Å². The van der Waals surface area contributed by atoms with E-state index < -0.39 is 11.8 Å². The molecule has 3 rings (SSSR count). The van der Waals surface area contributed by atoms with Crippen LogP contribution < -0.4 is 20.1 Å². The predicted octanol–water partition coefficient (Wildman–Crippen LogP) is 6.00. The number of nitrogens with one attached hydrogen (secondary N) is 2. The van der Waals surface area contributed by atoms with Gasteiger partial charge in [0.15, 0.2) is 6.61 Å². The number of ether oxygens (including phenoxy) is 2. The molecule has 3 aromatic rings. The van der Waals surface area contributed by atoms with Crippen molar-refractivity contribution in [3.8, 4) is 17.2 Å². The SMILES string of the molecule is CCC(C)(C)c1ccc(OCCCCNC(=O)c2cc(OCC(=O)NCCO)c3ccccc3c2O)c(C(C)(C)CC)c1. The number of amides is 2. The number of fused-ring (bicyclic) bond motifs is 1. The van der Waals surface area contributed by atoms with E-state index in [1.807, 2.05) is 0 Å². The monoisotopic (exact) mass is 592 g/mol. The second-order valence-corrected chi connectivity index (χ2v) is 12.2. The van der Waals surface area contributed by atoms with Gasteiger partial charge < -0.3 is 30.3 Å². The lowest BCUT2D eigenvalue weighted by atomic mass is 9.76. The van der Waals surface area contributed by atoms with Crippen LogP contribution in [0.2, 0.25) is 0 Å². The predicted molar refractivity (Wildman–Crippen MR) is 171 cm³/mol. The van der Waals surface area contributed by atoms with Crippen LogP contribution in [0.1, 0.15) is 88.7 Å². The Bertz CT molecular complexity index is 1400. The van der Waals surface area contributed by atoms with Gasteiger partial charge in [0, 0.05) is 29.4 Å². The lowest BCUT2D eigenvalue weighted by molar-refractivity contribution is -0.123. The van der Waals surface area contributed by atoms with Gasteiger partial charge in [-0.3, -0.25) is 9.59 Å². The molecule has 0 saturated carbocycles. The van der Waals surface area contributed by atoms with Crippen molar-refractivity contribution in [1.29, 1.82) is 0 Å². The fourth-order valence-electron chi connectivity index (χ4n) is 4.72. The van der Waals surface area contributed by atoms with Crippen LogP contribution in [-0.2, 0) is 15.6 Å². The van der Waals surface area contributed by atoms with Crippen LogP contribution in [-0.4, -0.2) is 54.9 Å². The molecule has 0 aliphatic carbocycles. The average molecular weight is 593 g/mol. The van der Waals surface area contributed by atoms with E-state index in [0.29, 0.717) is 36.1 Å². The van der Waals surface area contributed by atoms with Gasteiger partial charge in [0.2, 0.25) is 0 Å². The van der Waals surface area contributed by atoms with E-state index >= 15 is 0 Å². The zero-order valence-electron chi connectivity index (χ0n) is 26.5. The highest BCUT2D eigenvalue weighted by atomic mass is 16.5. The molecule has 0 unspecified atom stereocenters. The van der Waals surface area contributed by atoms with Crippen LogP contribution >= 0.6 is 0 Å². The van der Waals surface area contributed by atoms with E-state index in [1.165, 1.54) is 17.2 Å². The van der Waals surface area contributed by atoms with E-state index in [-0.39, 0.29) is 41.9 Å². The summed E-state index contributed by atoms with van der Waals surface area (Å²) in [6, 6.07) is 15.0. The number of benzene rings is 3. The summed E-state index contributed by atoms with van der Waals surface area (Å²) in [6.45, 7) is 14.0. The molecule has 0 aromatic heterocycles. The van der Waals surface area contributed by atoms with Gasteiger partial charge in [-0.2, -0.15) is 0 Å². The average Bonchev–Trinajstić information content (AvgIpc) is 3.01. The molecule has 0 aliphatic rings. The fourth-order valence-corrected chi connectivity index (χ4v) is 4.72. The van der Waals surface area contributed by atoms with Gasteiger partial charge in [-0.15, -0.1) is 0 Å². The fraction of sp³-hybridized carbons (Fsp3) is 0.486. The summed E-state index contributed by atoms with van der Waals surface area (Å²) in [6.07, 6.45) is 3.49. The summed E-state index contributed by atoms with van der Waals surface area (Å²) in [7, 11) is 0. The molecule has 8 heteroatoms. The molecule has 0 aliphatic heterocycles. The van der Waals surface area contributed by atoms with Gasteiger partial charge in [0.25, 0.3) is 11.8 Å². The molecule has 3 aromatic carbocycles. The van der Waals surface area contributed by atoms with Gasteiger partial charge in [0.1, 0.15) is 17.2 Å². The second-order valence-electron chi connectivity index (χ2n) is 12.2. The minimum atomic E-state index is -0.431. The van der Waals surface area contributed by atoms with Crippen LogP contribution in [0.4, 0.5) is 0 Å². The van der Waals surface area contributed by atoms with Crippen LogP contribution in [0.25, 0.3) is 10.8 Å². The smallest absolute Gasteiger partial charge is 0.258 e. The Hall–Kier alpha value is -3.78. The minimum absolute atomic E-state index is 0.0171. The van der Waals surface area contributed by atoms with Gasteiger partial charge in [-0.1, -0.05) is 77.9 Å². The molecular formula is C35H48N2O6.